The number of alkyl halides is 9. The van der Waals surface area contributed by atoms with E-state index in [0.29, 0.717) is 6.92 Å². The zero-order valence-electron chi connectivity index (χ0n) is 7.52. The molecule has 1 unspecified atom stereocenters. The van der Waals surface area contributed by atoms with Gasteiger partial charge in [0.15, 0.2) is 0 Å². The van der Waals surface area contributed by atoms with Crippen molar-refractivity contribution in [2.24, 2.45) is 0 Å². The molecule has 0 rings (SSSR count). The molecule has 0 aliphatic rings. The van der Waals surface area contributed by atoms with Crippen LogP contribution in [0, 0.1) is 0 Å². The minimum absolute atomic E-state index is 0.645. The van der Waals surface area contributed by atoms with E-state index in [2.05, 4.69) is 4.74 Å². The molecule has 0 radical (unpaired) electrons. The Hall–Kier alpha value is -0.670. The average Bonchev–Trinajstić information content (AvgIpc) is 1.99. The van der Waals surface area contributed by atoms with E-state index in [1.165, 1.54) is 0 Å². The van der Waals surface area contributed by atoms with Crippen molar-refractivity contribution in [3.05, 3.63) is 0 Å². The van der Waals surface area contributed by atoms with Gasteiger partial charge in [-0.3, -0.25) is 0 Å². The summed E-state index contributed by atoms with van der Waals surface area (Å²) in [7, 11) is 0. The second kappa shape index (κ2) is 3.97. The second-order valence-corrected chi connectivity index (χ2v) is 2.60. The number of ether oxygens (including phenoxy) is 1. The fraction of sp³-hybridized carbons (Fsp3) is 1.00. The van der Waals surface area contributed by atoms with E-state index in [9.17, 15) is 39.5 Å². The Balaban J connectivity index is 5.54. The summed E-state index contributed by atoms with van der Waals surface area (Å²) in [6, 6.07) is 0. The smallest absolute Gasteiger partial charge is 0.334 e. The summed E-state index contributed by atoms with van der Waals surface area (Å²) in [5.41, 5.74) is 0. The zero-order chi connectivity index (χ0) is 13.4. The Kier molecular flexibility index (Phi) is 3.80. The van der Waals surface area contributed by atoms with Gasteiger partial charge < -0.3 is 4.74 Å². The van der Waals surface area contributed by atoms with Gasteiger partial charge in [-0.05, 0) is 6.92 Å². The van der Waals surface area contributed by atoms with Gasteiger partial charge in [0.1, 0.15) is 0 Å². The van der Waals surface area contributed by atoms with E-state index in [0.717, 1.165) is 0 Å². The maximum absolute atomic E-state index is 12.8. The van der Waals surface area contributed by atoms with Crippen molar-refractivity contribution in [1.29, 1.82) is 0 Å². The van der Waals surface area contributed by atoms with Crippen LogP contribution in [0.2, 0.25) is 0 Å². The standard InChI is InChI=1S/C6H5F9O/c1-2-16-4(9,6(13,14)15)3(7,8)5(10,11)12/h2H2,1H3. The average molecular weight is 264 g/mol. The SMILES string of the molecule is CCOC(F)(C(F)(F)F)C(F)(F)C(F)(F)F. The summed E-state index contributed by atoms with van der Waals surface area (Å²) >= 11 is 0. The lowest BCUT2D eigenvalue weighted by molar-refractivity contribution is -0.450. The Morgan fingerprint density at radius 2 is 1.12 bits per heavy atom. The van der Waals surface area contributed by atoms with Crippen molar-refractivity contribution in [2.75, 3.05) is 6.61 Å². The molecule has 1 atom stereocenters. The molecule has 0 aliphatic heterocycles. The van der Waals surface area contributed by atoms with Crippen LogP contribution in [0.1, 0.15) is 6.92 Å². The molecule has 0 saturated carbocycles. The topological polar surface area (TPSA) is 9.23 Å². The summed E-state index contributed by atoms with van der Waals surface area (Å²) in [6.45, 7) is -0.659. The largest absolute Gasteiger partial charge is 0.459 e. The molecule has 0 bridgehead atoms. The van der Waals surface area contributed by atoms with Crippen molar-refractivity contribution in [3.63, 3.8) is 0 Å². The fourth-order valence-electron chi connectivity index (χ4n) is 0.732. The van der Waals surface area contributed by atoms with Gasteiger partial charge in [-0.1, -0.05) is 0 Å². The minimum Gasteiger partial charge on any atom is -0.334 e. The quantitative estimate of drug-likeness (QED) is 0.709. The molecule has 0 aromatic rings. The fourth-order valence-corrected chi connectivity index (χ4v) is 0.732. The van der Waals surface area contributed by atoms with Crippen molar-refractivity contribution in [3.8, 4) is 0 Å². The number of hydrogen-bond acceptors (Lipinski definition) is 1. The molecule has 0 amide bonds. The molecule has 0 spiro atoms. The summed E-state index contributed by atoms with van der Waals surface area (Å²) in [5.74, 6) is -12.8. The van der Waals surface area contributed by atoms with E-state index < -0.39 is 30.7 Å². The van der Waals surface area contributed by atoms with Crippen molar-refractivity contribution in [2.45, 2.75) is 31.1 Å². The Bertz CT molecular complexity index is 241. The molecule has 16 heavy (non-hydrogen) atoms. The highest BCUT2D eigenvalue weighted by Gasteiger charge is 2.82. The van der Waals surface area contributed by atoms with Crippen LogP contribution in [0.25, 0.3) is 0 Å². The van der Waals surface area contributed by atoms with Gasteiger partial charge in [0.05, 0.1) is 0 Å². The highest BCUT2D eigenvalue weighted by atomic mass is 19.4. The number of rotatable bonds is 3. The van der Waals surface area contributed by atoms with Crippen LogP contribution < -0.4 is 0 Å². The molecule has 98 valence electrons. The summed E-state index contributed by atoms with van der Waals surface area (Å²) in [5, 5.41) is 0. The van der Waals surface area contributed by atoms with Crippen LogP contribution in [0.15, 0.2) is 0 Å². The Labute approximate surface area is 83.2 Å². The first kappa shape index (κ1) is 15.3. The number of halogens is 9. The second-order valence-electron chi connectivity index (χ2n) is 2.60. The van der Waals surface area contributed by atoms with Crippen LogP contribution in [0.3, 0.4) is 0 Å². The van der Waals surface area contributed by atoms with Crippen LogP contribution in [0.5, 0.6) is 0 Å². The van der Waals surface area contributed by atoms with Gasteiger partial charge >= 0.3 is 24.1 Å². The van der Waals surface area contributed by atoms with Gasteiger partial charge in [0.2, 0.25) is 0 Å². The third-order valence-corrected chi connectivity index (χ3v) is 1.47. The van der Waals surface area contributed by atoms with E-state index in [4.69, 9.17) is 0 Å². The summed E-state index contributed by atoms with van der Waals surface area (Å²) in [6.07, 6.45) is -13.2. The Morgan fingerprint density at radius 1 is 0.750 bits per heavy atom. The van der Waals surface area contributed by atoms with Gasteiger partial charge in [-0.2, -0.15) is 39.5 Å². The van der Waals surface area contributed by atoms with Gasteiger partial charge in [-0.15, -0.1) is 0 Å². The van der Waals surface area contributed by atoms with E-state index in [1.807, 2.05) is 0 Å². The van der Waals surface area contributed by atoms with Crippen LogP contribution >= 0.6 is 0 Å². The molecule has 0 heterocycles. The maximum atomic E-state index is 12.8. The molecule has 0 fully saturated rings. The first-order valence-corrected chi connectivity index (χ1v) is 3.65. The predicted octanol–water partition coefficient (Wildman–Crippen LogP) is 3.45. The minimum atomic E-state index is -6.72. The van der Waals surface area contributed by atoms with Gasteiger partial charge in [0, 0.05) is 6.61 Å². The van der Waals surface area contributed by atoms with Crippen LogP contribution in [-0.4, -0.2) is 30.7 Å². The first-order chi connectivity index (χ1) is 6.81. The van der Waals surface area contributed by atoms with E-state index in [1.54, 1.807) is 0 Å². The van der Waals surface area contributed by atoms with Crippen LogP contribution in [0.4, 0.5) is 39.5 Å². The predicted molar refractivity (Wildman–Crippen MR) is 32.5 cm³/mol. The third kappa shape index (κ3) is 2.20. The van der Waals surface area contributed by atoms with Crippen molar-refractivity contribution in [1.82, 2.24) is 0 Å². The summed E-state index contributed by atoms with van der Waals surface area (Å²) < 4.78 is 111. The van der Waals surface area contributed by atoms with E-state index >= 15 is 0 Å². The lowest BCUT2D eigenvalue weighted by atomic mass is 10.1. The van der Waals surface area contributed by atoms with Gasteiger partial charge in [0.25, 0.3) is 0 Å². The highest BCUT2D eigenvalue weighted by Crippen LogP contribution is 2.53. The highest BCUT2D eigenvalue weighted by molar-refractivity contribution is 4.97. The molecule has 1 nitrogen and oxygen atoms in total. The molecule has 0 N–H and O–H groups in total. The van der Waals surface area contributed by atoms with Crippen molar-refractivity contribution >= 4 is 0 Å². The third-order valence-electron chi connectivity index (χ3n) is 1.47. The maximum Gasteiger partial charge on any atom is 0.459 e. The first-order valence-electron chi connectivity index (χ1n) is 3.65. The van der Waals surface area contributed by atoms with Crippen molar-refractivity contribution < 1.29 is 44.3 Å². The Morgan fingerprint density at radius 3 is 1.31 bits per heavy atom. The van der Waals surface area contributed by atoms with Crippen LogP contribution in [-0.2, 0) is 4.74 Å². The molecule has 0 aliphatic carbocycles. The van der Waals surface area contributed by atoms with Gasteiger partial charge in [-0.25, -0.2) is 0 Å². The molecule has 0 aromatic heterocycles. The summed E-state index contributed by atoms with van der Waals surface area (Å²) in [4.78, 5) is 0. The molecular weight excluding hydrogens is 259 g/mol. The monoisotopic (exact) mass is 264 g/mol. The molecule has 0 saturated heterocycles. The molecular formula is C6H5F9O. The molecule has 0 aromatic carbocycles. The van der Waals surface area contributed by atoms with E-state index in [-0.39, 0.29) is 0 Å². The molecule has 10 heteroatoms. The zero-order valence-corrected chi connectivity index (χ0v) is 7.52. The number of hydrogen-bond donors (Lipinski definition) is 0. The lowest BCUT2D eigenvalue weighted by Gasteiger charge is -2.34. The normalized spacial score (nSPS) is 18.4. The lowest BCUT2D eigenvalue weighted by Crippen LogP contribution is -2.63.